The van der Waals surface area contributed by atoms with Crippen molar-refractivity contribution in [1.82, 2.24) is 15.2 Å². The van der Waals surface area contributed by atoms with Crippen molar-refractivity contribution in [1.29, 1.82) is 0 Å². The van der Waals surface area contributed by atoms with Gasteiger partial charge in [0.25, 0.3) is 0 Å². The molecule has 0 unspecified atom stereocenters. The summed E-state index contributed by atoms with van der Waals surface area (Å²) in [6, 6.07) is 6.05. The minimum absolute atomic E-state index is 0.120. The van der Waals surface area contributed by atoms with Crippen molar-refractivity contribution in [2.45, 2.75) is 26.3 Å². The van der Waals surface area contributed by atoms with Crippen molar-refractivity contribution in [2.24, 2.45) is 0 Å². The number of carboxylic acid groups (broad SMARTS) is 1. The lowest BCUT2D eigenvalue weighted by Gasteiger charge is -2.16. The van der Waals surface area contributed by atoms with E-state index < -0.39 is 12.0 Å². The second-order valence-electron chi connectivity index (χ2n) is 6.19. The fourth-order valence-corrected chi connectivity index (χ4v) is 3.28. The molecule has 0 saturated heterocycles. The van der Waals surface area contributed by atoms with E-state index in [9.17, 15) is 14.0 Å². The number of amides is 2. The van der Waals surface area contributed by atoms with Crippen LogP contribution in [0.25, 0.3) is 0 Å². The van der Waals surface area contributed by atoms with Gasteiger partial charge in [-0.05, 0) is 51.1 Å². The predicted octanol–water partition coefficient (Wildman–Crippen LogP) is 3.32. The molecule has 0 radical (unpaired) electrons. The van der Waals surface area contributed by atoms with Crippen LogP contribution in [0.3, 0.4) is 0 Å². The van der Waals surface area contributed by atoms with E-state index >= 15 is 0 Å². The molecule has 0 aliphatic carbocycles. The quantitative estimate of drug-likeness (QED) is 0.567. The first-order chi connectivity index (χ1) is 12.8. The molecule has 7 nitrogen and oxygen atoms in total. The van der Waals surface area contributed by atoms with Gasteiger partial charge in [0.2, 0.25) is 0 Å². The smallest absolute Gasteiger partial charge is 0.347 e. The molecule has 0 aliphatic rings. The Bertz CT molecular complexity index is 779. The Labute approximate surface area is 161 Å². The molecule has 0 fully saturated rings. The standard InChI is InChI=1S/C18H23FN4O3S/c1-12-15(16(24)25)27-18(21-12)22-17(26)20-9-3-4-10-23(2)11-13-5-7-14(19)8-6-13/h5-8H,3-4,9-11H2,1-2H3,(H,24,25)(H2,20,21,22,26). The van der Waals surface area contributed by atoms with Crippen LogP contribution in [0.4, 0.5) is 14.3 Å². The van der Waals surface area contributed by atoms with E-state index in [0.29, 0.717) is 12.2 Å². The summed E-state index contributed by atoms with van der Waals surface area (Å²) in [5.74, 6) is -1.29. The number of carboxylic acids is 1. The van der Waals surface area contributed by atoms with Crippen molar-refractivity contribution in [3.63, 3.8) is 0 Å². The lowest BCUT2D eigenvalue weighted by molar-refractivity contribution is 0.0701. The van der Waals surface area contributed by atoms with Crippen LogP contribution in [0.2, 0.25) is 0 Å². The summed E-state index contributed by atoms with van der Waals surface area (Å²) in [4.78, 5) is 29.1. The predicted molar refractivity (Wildman–Crippen MR) is 103 cm³/mol. The molecule has 0 atom stereocenters. The van der Waals surface area contributed by atoms with Crippen molar-refractivity contribution >= 4 is 28.5 Å². The van der Waals surface area contributed by atoms with E-state index in [4.69, 9.17) is 5.11 Å². The van der Waals surface area contributed by atoms with Crippen LogP contribution in [-0.2, 0) is 6.54 Å². The first-order valence-electron chi connectivity index (χ1n) is 8.53. The van der Waals surface area contributed by atoms with E-state index in [1.54, 1.807) is 19.1 Å². The van der Waals surface area contributed by atoms with Gasteiger partial charge in [-0.3, -0.25) is 5.32 Å². The van der Waals surface area contributed by atoms with Gasteiger partial charge >= 0.3 is 12.0 Å². The first kappa shape index (κ1) is 20.8. The van der Waals surface area contributed by atoms with Gasteiger partial charge in [-0.15, -0.1) is 0 Å². The average molecular weight is 394 g/mol. The number of urea groups is 1. The summed E-state index contributed by atoms with van der Waals surface area (Å²) in [6.07, 6.45) is 1.70. The second kappa shape index (κ2) is 9.98. The highest BCUT2D eigenvalue weighted by atomic mass is 32.1. The molecule has 2 amide bonds. The van der Waals surface area contributed by atoms with Gasteiger partial charge < -0.3 is 15.3 Å². The number of aromatic carboxylic acids is 1. The van der Waals surface area contributed by atoms with Crippen molar-refractivity contribution in [3.05, 3.63) is 46.2 Å². The van der Waals surface area contributed by atoms with Gasteiger partial charge in [0.15, 0.2) is 5.13 Å². The van der Waals surface area contributed by atoms with Gasteiger partial charge in [0, 0.05) is 13.1 Å². The number of hydrogen-bond acceptors (Lipinski definition) is 5. The number of carbonyl (C=O) groups excluding carboxylic acids is 1. The molecule has 0 bridgehead atoms. The zero-order valence-corrected chi connectivity index (χ0v) is 16.1. The minimum Gasteiger partial charge on any atom is -0.477 e. The molecule has 146 valence electrons. The van der Waals surface area contributed by atoms with Gasteiger partial charge in [-0.2, -0.15) is 0 Å². The summed E-state index contributed by atoms with van der Waals surface area (Å²) >= 11 is 0.933. The van der Waals surface area contributed by atoms with Gasteiger partial charge in [-0.1, -0.05) is 23.5 Å². The van der Waals surface area contributed by atoms with Crippen LogP contribution in [-0.4, -0.2) is 47.1 Å². The summed E-state index contributed by atoms with van der Waals surface area (Å²) in [6.45, 7) is 3.69. The van der Waals surface area contributed by atoms with E-state index in [0.717, 1.165) is 42.8 Å². The Morgan fingerprint density at radius 3 is 2.59 bits per heavy atom. The first-order valence-corrected chi connectivity index (χ1v) is 9.35. The van der Waals surface area contributed by atoms with E-state index in [-0.39, 0.29) is 15.8 Å². The van der Waals surface area contributed by atoms with Crippen molar-refractivity contribution in [3.8, 4) is 0 Å². The normalized spacial score (nSPS) is 10.8. The molecule has 27 heavy (non-hydrogen) atoms. The molecule has 1 heterocycles. The third-order valence-corrected chi connectivity index (χ3v) is 4.89. The number of unbranched alkanes of at least 4 members (excludes halogenated alkanes) is 1. The molecule has 0 aliphatic heterocycles. The van der Waals surface area contributed by atoms with Crippen LogP contribution < -0.4 is 10.6 Å². The maximum atomic E-state index is 12.9. The second-order valence-corrected chi connectivity index (χ2v) is 7.19. The van der Waals surface area contributed by atoms with Gasteiger partial charge in [0.05, 0.1) is 5.69 Å². The molecular formula is C18H23FN4O3S. The van der Waals surface area contributed by atoms with Crippen molar-refractivity contribution in [2.75, 3.05) is 25.5 Å². The zero-order valence-electron chi connectivity index (χ0n) is 15.3. The monoisotopic (exact) mass is 394 g/mol. The lowest BCUT2D eigenvalue weighted by atomic mass is 10.2. The van der Waals surface area contributed by atoms with Gasteiger partial charge in [0.1, 0.15) is 10.7 Å². The van der Waals surface area contributed by atoms with Gasteiger partial charge in [-0.25, -0.2) is 19.0 Å². The number of benzene rings is 1. The van der Waals surface area contributed by atoms with Crippen molar-refractivity contribution < 1.29 is 19.1 Å². The Morgan fingerprint density at radius 2 is 1.96 bits per heavy atom. The summed E-state index contributed by atoms with van der Waals surface area (Å²) in [5.41, 5.74) is 1.43. The Hall–Kier alpha value is -2.52. The Balaban J connectivity index is 1.62. The third kappa shape index (κ3) is 6.95. The SMILES string of the molecule is Cc1nc(NC(=O)NCCCCN(C)Cc2ccc(F)cc2)sc1C(=O)O. The van der Waals surface area contributed by atoms with E-state index in [1.165, 1.54) is 12.1 Å². The fourth-order valence-electron chi connectivity index (χ4n) is 2.48. The molecule has 2 rings (SSSR count). The maximum Gasteiger partial charge on any atom is 0.347 e. The maximum absolute atomic E-state index is 12.9. The van der Waals surface area contributed by atoms with Crippen LogP contribution in [0.15, 0.2) is 24.3 Å². The number of aryl methyl sites for hydroxylation is 1. The highest BCUT2D eigenvalue weighted by Gasteiger charge is 2.15. The van der Waals surface area contributed by atoms with Crippen LogP contribution in [0, 0.1) is 12.7 Å². The number of hydrogen-bond donors (Lipinski definition) is 3. The summed E-state index contributed by atoms with van der Waals surface area (Å²) in [7, 11) is 1.99. The minimum atomic E-state index is -1.05. The third-order valence-electron chi connectivity index (χ3n) is 3.83. The number of thiazole rings is 1. The highest BCUT2D eigenvalue weighted by Crippen LogP contribution is 2.22. The number of halogens is 1. The van der Waals surface area contributed by atoms with Crippen LogP contribution in [0.1, 0.15) is 33.8 Å². The lowest BCUT2D eigenvalue weighted by Crippen LogP contribution is -2.30. The largest absolute Gasteiger partial charge is 0.477 e. The fraction of sp³-hybridized carbons (Fsp3) is 0.389. The molecule has 1 aromatic heterocycles. The topological polar surface area (TPSA) is 94.6 Å². The van der Waals surface area contributed by atoms with Crippen LogP contribution >= 0.6 is 11.3 Å². The number of anilines is 1. The molecule has 9 heteroatoms. The molecular weight excluding hydrogens is 371 g/mol. The highest BCUT2D eigenvalue weighted by molar-refractivity contribution is 7.17. The Kier molecular flexibility index (Phi) is 7.68. The number of carbonyl (C=O) groups is 2. The number of nitrogens with zero attached hydrogens (tertiary/aromatic N) is 2. The number of rotatable bonds is 9. The molecule has 3 N–H and O–H groups in total. The zero-order chi connectivity index (χ0) is 19.8. The van der Waals surface area contributed by atoms with E-state index in [2.05, 4.69) is 20.5 Å². The Morgan fingerprint density at radius 1 is 1.26 bits per heavy atom. The summed E-state index contributed by atoms with van der Waals surface area (Å²) in [5, 5.41) is 14.5. The molecule has 1 aromatic carbocycles. The summed E-state index contributed by atoms with van der Waals surface area (Å²) < 4.78 is 12.9. The molecule has 2 aromatic rings. The van der Waals surface area contributed by atoms with E-state index in [1.807, 2.05) is 7.05 Å². The number of aromatic nitrogens is 1. The molecule has 0 spiro atoms. The molecule has 0 saturated carbocycles. The average Bonchev–Trinajstić information content (AvgIpc) is 2.97. The van der Waals surface area contributed by atoms with Crippen LogP contribution in [0.5, 0.6) is 0 Å². The number of nitrogens with one attached hydrogen (secondary N) is 2.